The first kappa shape index (κ1) is 13.0. The number of hydrogen-bond acceptors (Lipinski definition) is 5. The van der Waals surface area contributed by atoms with Gasteiger partial charge in [0.15, 0.2) is 0 Å². The van der Waals surface area contributed by atoms with Crippen molar-refractivity contribution in [1.82, 2.24) is 9.87 Å². The standard InChI is InChI=1S/C11H13N3O3S/c12-7-9-5-6-11(8-13-9)18(15,16)14-17-10-3-1-2-4-10/h5-6,8,10,14H,1-4H2. The van der Waals surface area contributed by atoms with Crippen LogP contribution in [0.4, 0.5) is 0 Å². The molecule has 7 heteroatoms. The Morgan fingerprint density at radius 1 is 1.39 bits per heavy atom. The zero-order chi connectivity index (χ0) is 13.0. The number of sulfonamides is 1. The fourth-order valence-corrected chi connectivity index (χ4v) is 2.59. The van der Waals surface area contributed by atoms with Gasteiger partial charge in [-0.1, -0.05) is 17.7 Å². The molecule has 0 radical (unpaired) electrons. The molecule has 18 heavy (non-hydrogen) atoms. The molecule has 0 atom stereocenters. The van der Waals surface area contributed by atoms with Crippen molar-refractivity contribution in [3.05, 3.63) is 24.0 Å². The van der Waals surface area contributed by atoms with Crippen molar-refractivity contribution in [2.45, 2.75) is 36.7 Å². The third-order valence-corrected chi connectivity index (χ3v) is 3.97. The van der Waals surface area contributed by atoms with Gasteiger partial charge in [0.25, 0.3) is 10.0 Å². The monoisotopic (exact) mass is 267 g/mol. The van der Waals surface area contributed by atoms with Crippen molar-refractivity contribution < 1.29 is 13.3 Å². The average Bonchev–Trinajstić information content (AvgIpc) is 2.90. The molecule has 0 spiro atoms. The van der Waals surface area contributed by atoms with Crippen LogP contribution >= 0.6 is 0 Å². The summed E-state index contributed by atoms with van der Waals surface area (Å²) in [4.78, 5) is 10.9. The van der Waals surface area contributed by atoms with E-state index >= 15 is 0 Å². The molecule has 1 N–H and O–H groups in total. The van der Waals surface area contributed by atoms with Gasteiger partial charge in [-0.3, -0.25) is 4.84 Å². The minimum Gasteiger partial charge on any atom is -0.284 e. The molecule has 1 aliphatic carbocycles. The van der Waals surface area contributed by atoms with Gasteiger partial charge in [0, 0.05) is 6.20 Å². The average molecular weight is 267 g/mol. The van der Waals surface area contributed by atoms with Gasteiger partial charge in [-0.15, -0.1) is 0 Å². The third kappa shape index (κ3) is 3.04. The van der Waals surface area contributed by atoms with Gasteiger partial charge in [-0.25, -0.2) is 13.4 Å². The summed E-state index contributed by atoms with van der Waals surface area (Å²) in [5, 5.41) is 8.58. The van der Waals surface area contributed by atoms with E-state index in [1.54, 1.807) is 0 Å². The second-order valence-electron chi connectivity index (χ2n) is 4.10. The summed E-state index contributed by atoms with van der Waals surface area (Å²) in [6, 6.07) is 4.50. The molecule has 0 bridgehead atoms. The summed E-state index contributed by atoms with van der Waals surface area (Å²) in [5.41, 5.74) is 0.172. The predicted octanol–water partition coefficient (Wildman–Crippen LogP) is 1.11. The van der Waals surface area contributed by atoms with Gasteiger partial charge in [-0.2, -0.15) is 5.26 Å². The fourth-order valence-electron chi connectivity index (χ4n) is 1.79. The van der Waals surface area contributed by atoms with Gasteiger partial charge < -0.3 is 0 Å². The highest BCUT2D eigenvalue weighted by molar-refractivity contribution is 7.89. The molecule has 0 amide bonds. The highest BCUT2D eigenvalue weighted by Crippen LogP contribution is 2.20. The summed E-state index contributed by atoms with van der Waals surface area (Å²) in [7, 11) is -3.72. The van der Waals surface area contributed by atoms with Gasteiger partial charge in [0.05, 0.1) is 6.10 Å². The number of nitriles is 1. The van der Waals surface area contributed by atoms with Crippen LogP contribution in [0.1, 0.15) is 31.4 Å². The van der Waals surface area contributed by atoms with E-state index in [0.29, 0.717) is 0 Å². The van der Waals surface area contributed by atoms with E-state index < -0.39 is 10.0 Å². The van der Waals surface area contributed by atoms with Crippen molar-refractivity contribution in [2.75, 3.05) is 0 Å². The largest absolute Gasteiger partial charge is 0.284 e. The third-order valence-electron chi connectivity index (χ3n) is 2.79. The Morgan fingerprint density at radius 2 is 2.11 bits per heavy atom. The lowest BCUT2D eigenvalue weighted by molar-refractivity contribution is 0.0223. The number of aromatic nitrogens is 1. The summed E-state index contributed by atoms with van der Waals surface area (Å²) in [5.74, 6) is 0. The molecule has 1 aromatic rings. The Bertz CT molecular complexity index is 542. The number of hydrogen-bond donors (Lipinski definition) is 1. The van der Waals surface area contributed by atoms with E-state index in [1.165, 1.54) is 12.1 Å². The van der Waals surface area contributed by atoms with Gasteiger partial charge >= 0.3 is 0 Å². The Balaban J connectivity index is 2.02. The van der Waals surface area contributed by atoms with Crippen molar-refractivity contribution in [1.29, 1.82) is 5.26 Å². The molecule has 96 valence electrons. The molecule has 1 aromatic heterocycles. The second kappa shape index (κ2) is 5.44. The molecule has 0 aliphatic heterocycles. The molecule has 1 aliphatic rings. The molecular weight excluding hydrogens is 254 g/mol. The molecule has 6 nitrogen and oxygen atoms in total. The van der Waals surface area contributed by atoms with Crippen LogP contribution in [0.3, 0.4) is 0 Å². The van der Waals surface area contributed by atoms with Crippen molar-refractivity contribution in [3.8, 4) is 6.07 Å². The van der Waals surface area contributed by atoms with Crippen LogP contribution in [-0.4, -0.2) is 19.5 Å². The summed E-state index contributed by atoms with van der Waals surface area (Å²) < 4.78 is 23.7. The van der Waals surface area contributed by atoms with Gasteiger partial charge in [-0.05, 0) is 25.0 Å². The first-order chi connectivity index (χ1) is 8.62. The first-order valence-corrected chi connectivity index (χ1v) is 7.14. The van der Waals surface area contributed by atoms with E-state index in [9.17, 15) is 8.42 Å². The maximum Gasteiger partial charge on any atom is 0.264 e. The second-order valence-corrected chi connectivity index (χ2v) is 5.75. The SMILES string of the molecule is N#Cc1ccc(S(=O)(=O)NOC2CCCC2)cn1. The van der Waals surface area contributed by atoms with Crippen LogP contribution in [0.5, 0.6) is 0 Å². The maximum absolute atomic E-state index is 11.8. The molecular formula is C11H13N3O3S. The highest BCUT2D eigenvalue weighted by Gasteiger charge is 2.20. The van der Waals surface area contributed by atoms with E-state index in [4.69, 9.17) is 10.1 Å². The van der Waals surface area contributed by atoms with E-state index in [1.807, 2.05) is 6.07 Å². The molecule has 2 rings (SSSR count). The minimum atomic E-state index is -3.72. The molecule has 0 unspecified atom stereocenters. The maximum atomic E-state index is 11.8. The molecule has 0 saturated heterocycles. The van der Waals surface area contributed by atoms with Crippen LogP contribution in [-0.2, 0) is 14.9 Å². The molecule has 1 saturated carbocycles. The van der Waals surface area contributed by atoms with Crippen molar-refractivity contribution in [2.24, 2.45) is 0 Å². The van der Waals surface area contributed by atoms with Crippen LogP contribution in [0.2, 0.25) is 0 Å². The van der Waals surface area contributed by atoms with Gasteiger partial charge in [0.2, 0.25) is 0 Å². The van der Waals surface area contributed by atoms with Crippen LogP contribution in [0.25, 0.3) is 0 Å². The van der Waals surface area contributed by atoms with E-state index in [-0.39, 0.29) is 16.7 Å². The topological polar surface area (TPSA) is 92.1 Å². The Morgan fingerprint density at radius 3 is 2.67 bits per heavy atom. The fraction of sp³-hybridized carbons (Fsp3) is 0.455. The number of rotatable bonds is 4. The first-order valence-electron chi connectivity index (χ1n) is 5.65. The summed E-state index contributed by atoms with van der Waals surface area (Å²) in [6.07, 6.45) is 4.95. The quantitative estimate of drug-likeness (QED) is 0.825. The lowest BCUT2D eigenvalue weighted by Crippen LogP contribution is -2.28. The predicted molar refractivity (Wildman–Crippen MR) is 62.6 cm³/mol. The normalized spacial score (nSPS) is 16.6. The smallest absolute Gasteiger partial charge is 0.264 e. The van der Waals surface area contributed by atoms with Crippen LogP contribution in [0.15, 0.2) is 23.2 Å². The summed E-state index contributed by atoms with van der Waals surface area (Å²) in [6.45, 7) is 0. The van der Waals surface area contributed by atoms with Crippen LogP contribution < -0.4 is 4.89 Å². The number of nitrogens with one attached hydrogen (secondary N) is 1. The van der Waals surface area contributed by atoms with Gasteiger partial charge in [0.1, 0.15) is 16.7 Å². The Kier molecular flexibility index (Phi) is 3.91. The van der Waals surface area contributed by atoms with Crippen molar-refractivity contribution >= 4 is 10.0 Å². The molecule has 1 heterocycles. The Hall–Kier alpha value is -1.49. The Labute approximate surface area is 106 Å². The summed E-state index contributed by atoms with van der Waals surface area (Å²) >= 11 is 0. The van der Waals surface area contributed by atoms with Crippen molar-refractivity contribution in [3.63, 3.8) is 0 Å². The zero-order valence-corrected chi connectivity index (χ0v) is 10.5. The number of pyridine rings is 1. The molecule has 1 fully saturated rings. The minimum absolute atomic E-state index is 0.0144. The highest BCUT2D eigenvalue weighted by atomic mass is 32.2. The van der Waals surface area contributed by atoms with Crippen LogP contribution in [0, 0.1) is 11.3 Å². The van der Waals surface area contributed by atoms with E-state index in [0.717, 1.165) is 31.9 Å². The number of nitrogens with zero attached hydrogens (tertiary/aromatic N) is 2. The zero-order valence-electron chi connectivity index (χ0n) is 9.67. The lowest BCUT2D eigenvalue weighted by atomic mass is 10.3. The van der Waals surface area contributed by atoms with E-state index in [2.05, 4.69) is 9.87 Å². The molecule has 0 aromatic carbocycles. The lowest BCUT2D eigenvalue weighted by Gasteiger charge is -2.11.